The Morgan fingerprint density at radius 3 is 2.54 bits per heavy atom. The zero-order chi connectivity index (χ0) is 17.8. The molecule has 0 atom stereocenters. The van der Waals surface area contributed by atoms with Gasteiger partial charge in [-0.1, -0.05) is 24.3 Å². The molecule has 0 radical (unpaired) electrons. The molecule has 126 valence electrons. The van der Waals surface area contributed by atoms with E-state index >= 15 is 0 Å². The van der Waals surface area contributed by atoms with Gasteiger partial charge in [-0.05, 0) is 42.5 Å². The zero-order valence-corrected chi connectivity index (χ0v) is 15.1. The molecule has 0 unspecified atom stereocenters. The average molecular weight is 339 g/mol. The van der Waals surface area contributed by atoms with E-state index in [4.69, 9.17) is 4.42 Å². The van der Waals surface area contributed by atoms with Crippen LogP contribution in [0.1, 0.15) is 11.1 Å². The fourth-order valence-corrected chi connectivity index (χ4v) is 3.94. The quantitative estimate of drug-likeness (QED) is 0.391. The lowest BCUT2D eigenvalue weighted by molar-refractivity contribution is -0.660. The molecule has 5 aromatic rings. The summed E-state index contributed by atoms with van der Waals surface area (Å²) >= 11 is 0. The van der Waals surface area contributed by atoms with Crippen LogP contribution in [0.5, 0.6) is 0 Å². The van der Waals surface area contributed by atoms with Crippen LogP contribution in [0.4, 0.5) is 0 Å². The second-order valence-electron chi connectivity index (χ2n) is 6.91. The number of hydrogen-bond acceptors (Lipinski definition) is 2. The van der Waals surface area contributed by atoms with E-state index < -0.39 is 0 Å². The van der Waals surface area contributed by atoms with Gasteiger partial charge in [-0.2, -0.15) is 0 Å². The molecule has 26 heavy (non-hydrogen) atoms. The number of fused-ring (bicyclic) bond motifs is 5. The number of rotatable bonds is 1. The van der Waals surface area contributed by atoms with Gasteiger partial charge in [0.2, 0.25) is 11.4 Å². The fraction of sp³-hybridized carbons (Fsp3) is 0.130. The summed E-state index contributed by atoms with van der Waals surface area (Å²) in [7, 11) is 2.09. The standard InChI is InChI=1S/C23H19N2O/c1-14-10-12-25(3)19(13-14)20-15(2)16-7-4-5-8-17(16)22-21(20)18-9-6-11-24-23(18)26-22/h4-13H,1-3H3/q+1. The lowest BCUT2D eigenvalue weighted by atomic mass is 9.92. The van der Waals surface area contributed by atoms with Crippen molar-refractivity contribution in [3.63, 3.8) is 0 Å². The molecule has 5 rings (SSSR count). The van der Waals surface area contributed by atoms with Gasteiger partial charge in [0.1, 0.15) is 12.6 Å². The summed E-state index contributed by atoms with van der Waals surface area (Å²) in [5, 5.41) is 4.56. The van der Waals surface area contributed by atoms with Crippen LogP contribution in [-0.4, -0.2) is 4.98 Å². The van der Waals surface area contributed by atoms with E-state index in [-0.39, 0.29) is 0 Å². The number of pyridine rings is 2. The Kier molecular flexibility index (Phi) is 3.13. The Morgan fingerprint density at radius 2 is 1.69 bits per heavy atom. The fourth-order valence-electron chi connectivity index (χ4n) is 3.94. The van der Waals surface area contributed by atoms with Crippen molar-refractivity contribution in [2.45, 2.75) is 13.8 Å². The van der Waals surface area contributed by atoms with Crippen molar-refractivity contribution in [2.24, 2.45) is 7.05 Å². The number of hydrogen-bond donors (Lipinski definition) is 0. The minimum atomic E-state index is 0.690. The van der Waals surface area contributed by atoms with E-state index in [9.17, 15) is 0 Å². The van der Waals surface area contributed by atoms with Crippen LogP contribution in [0, 0.1) is 13.8 Å². The summed E-state index contributed by atoms with van der Waals surface area (Å²) in [5.74, 6) is 0. The molecule has 3 heterocycles. The maximum Gasteiger partial charge on any atom is 0.227 e. The van der Waals surface area contributed by atoms with E-state index in [1.54, 1.807) is 6.20 Å². The highest BCUT2D eigenvalue weighted by Gasteiger charge is 2.23. The van der Waals surface area contributed by atoms with E-state index in [0.29, 0.717) is 5.71 Å². The van der Waals surface area contributed by atoms with Crippen LogP contribution < -0.4 is 4.57 Å². The number of aromatic nitrogens is 2. The second kappa shape index (κ2) is 5.40. The van der Waals surface area contributed by atoms with Gasteiger partial charge >= 0.3 is 0 Å². The lowest BCUT2D eigenvalue weighted by Gasteiger charge is -2.11. The average Bonchev–Trinajstić information content (AvgIpc) is 3.04. The monoisotopic (exact) mass is 339 g/mol. The van der Waals surface area contributed by atoms with E-state index in [1.165, 1.54) is 27.8 Å². The lowest BCUT2D eigenvalue weighted by Crippen LogP contribution is -2.30. The first-order valence-corrected chi connectivity index (χ1v) is 8.80. The molecule has 0 aliphatic heterocycles. The van der Waals surface area contributed by atoms with Gasteiger partial charge in [-0.25, -0.2) is 9.55 Å². The summed E-state index contributed by atoms with van der Waals surface area (Å²) in [6, 6.07) is 16.9. The van der Waals surface area contributed by atoms with E-state index in [1.807, 2.05) is 6.07 Å². The third-order valence-electron chi connectivity index (χ3n) is 5.23. The highest BCUT2D eigenvalue weighted by Crippen LogP contribution is 2.42. The van der Waals surface area contributed by atoms with E-state index in [2.05, 4.69) is 79.1 Å². The Bertz CT molecular complexity index is 1310. The molecule has 0 saturated carbocycles. The summed E-state index contributed by atoms with van der Waals surface area (Å²) < 4.78 is 8.41. The van der Waals surface area contributed by atoms with Gasteiger partial charge in [0, 0.05) is 34.5 Å². The molecular formula is C23H19N2O+. The molecule has 3 nitrogen and oxygen atoms in total. The van der Waals surface area contributed by atoms with Crippen LogP contribution in [-0.2, 0) is 7.05 Å². The number of furan rings is 1. The van der Waals surface area contributed by atoms with Crippen LogP contribution in [0.2, 0.25) is 0 Å². The van der Waals surface area contributed by atoms with Crippen molar-refractivity contribution in [3.8, 4) is 11.3 Å². The van der Waals surface area contributed by atoms with Gasteiger partial charge in [0.25, 0.3) is 0 Å². The zero-order valence-electron chi connectivity index (χ0n) is 15.1. The summed E-state index contributed by atoms with van der Waals surface area (Å²) in [5.41, 5.74) is 6.51. The first-order valence-electron chi connectivity index (χ1n) is 8.80. The molecule has 3 aromatic heterocycles. The minimum absolute atomic E-state index is 0.690. The van der Waals surface area contributed by atoms with Crippen molar-refractivity contribution in [1.82, 2.24) is 4.98 Å². The number of benzene rings is 2. The summed E-state index contributed by atoms with van der Waals surface area (Å²) in [6.07, 6.45) is 3.90. The van der Waals surface area contributed by atoms with Crippen LogP contribution in [0.25, 0.3) is 44.1 Å². The molecule has 0 fully saturated rings. The van der Waals surface area contributed by atoms with Crippen molar-refractivity contribution < 1.29 is 8.98 Å². The molecule has 0 saturated heterocycles. The maximum absolute atomic E-state index is 6.23. The number of nitrogens with zero attached hydrogens (tertiary/aromatic N) is 2. The first kappa shape index (κ1) is 15.1. The predicted molar refractivity (Wildman–Crippen MR) is 105 cm³/mol. The minimum Gasteiger partial charge on any atom is -0.437 e. The first-order chi connectivity index (χ1) is 12.6. The molecule has 0 bridgehead atoms. The molecule has 0 aliphatic rings. The van der Waals surface area contributed by atoms with Gasteiger partial charge in [0.05, 0.1) is 5.56 Å². The molecule has 0 amide bonds. The van der Waals surface area contributed by atoms with Crippen molar-refractivity contribution in [1.29, 1.82) is 0 Å². The third-order valence-corrected chi connectivity index (χ3v) is 5.23. The number of aryl methyl sites for hydroxylation is 3. The Hall–Kier alpha value is -3.20. The molecule has 0 aliphatic carbocycles. The van der Waals surface area contributed by atoms with Crippen molar-refractivity contribution in [2.75, 3.05) is 0 Å². The SMILES string of the molecule is Cc1cc[n+](C)c(-c2c(C)c3ccccc3c3oc4ncccc4c23)c1. The van der Waals surface area contributed by atoms with Crippen molar-refractivity contribution >= 4 is 32.8 Å². The highest BCUT2D eigenvalue weighted by atomic mass is 16.3. The van der Waals surface area contributed by atoms with Crippen LogP contribution in [0.3, 0.4) is 0 Å². The van der Waals surface area contributed by atoms with Crippen LogP contribution in [0.15, 0.2) is 65.3 Å². The van der Waals surface area contributed by atoms with Crippen LogP contribution >= 0.6 is 0 Å². The predicted octanol–water partition coefficient (Wildman–Crippen LogP) is 5.24. The Labute approximate surface area is 151 Å². The molecule has 0 N–H and O–H groups in total. The van der Waals surface area contributed by atoms with Gasteiger partial charge in [0.15, 0.2) is 6.20 Å². The van der Waals surface area contributed by atoms with Gasteiger partial charge in [-0.3, -0.25) is 0 Å². The molecule has 0 spiro atoms. The summed E-state index contributed by atoms with van der Waals surface area (Å²) in [6.45, 7) is 4.33. The smallest absolute Gasteiger partial charge is 0.227 e. The molecule has 2 aromatic carbocycles. The molecule has 3 heteroatoms. The van der Waals surface area contributed by atoms with Gasteiger partial charge in [-0.15, -0.1) is 0 Å². The van der Waals surface area contributed by atoms with Crippen molar-refractivity contribution in [3.05, 3.63) is 72.1 Å². The Morgan fingerprint density at radius 1 is 0.923 bits per heavy atom. The molecular weight excluding hydrogens is 320 g/mol. The topological polar surface area (TPSA) is 29.9 Å². The summed E-state index contributed by atoms with van der Waals surface area (Å²) in [4.78, 5) is 4.46. The maximum atomic E-state index is 6.23. The van der Waals surface area contributed by atoms with E-state index in [0.717, 1.165) is 21.7 Å². The largest absolute Gasteiger partial charge is 0.437 e. The van der Waals surface area contributed by atoms with Gasteiger partial charge < -0.3 is 4.42 Å². The normalized spacial score (nSPS) is 11.7. The Balaban J connectivity index is 2.10. The third kappa shape index (κ3) is 2.00. The highest BCUT2D eigenvalue weighted by molar-refractivity contribution is 6.21. The second-order valence-corrected chi connectivity index (χ2v) is 6.91.